The number of amides is 3. The molecule has 4 rings (SSSR count). The third-order valence-electron chi connectivity index (χ3n) is 8.88. The van der Waals surface area contributed by atoms with Gasteiger partial charge in [-0.3, -0.25) is 9.59 Å². The molecule has 3 fully saturated rings. The van der Waals surface area contributed by atoms with E-state index >= 15 is 0 Å². The molecule has 0 unspecified atom stereocenters. The molecule has 3 aliphatic rings. The number of aliphatic carboxylic acids is 1. The number of piperidine rings is 1. The Morgan fingerprint density at radius 3 is 2.25 bits per heavy atom. The highest BCUT2D eigenvalue weighted by Gasteiger charge is 2.40. The molecule has 244 valence electrons. The fourth-order valence-corrected chi connectivity index (χ4v) is 7.61. The average Bonchev–Trinajstić information content (AvgIpc) is 3.51. The molecule has 3 amide bonds. The van der Waals surface area contributed by atoms with E-state index in [1.54, 1.807) is 21.9 Å². The lowest BCUT2D eigenvalue weighted by Crippen LogP contribution is -2.51. The minimum Gasteiger partial charge on any atom is -0.480 e. The van der Waals surface area contributed by atoms with Crippen molar-refractivity contribution in [2.45, 2.75) is 68.8 Å². The van der Waals surface area contributed by atoms with Crippen LogP contribution >= 0.6 is 0 Å². The number of carbonyl (C=O) groups is 4. The number of carboxylic acids is 1. The predicted octanol–water partition coefficient (Wildman–Crippen LogP) is 1.51. The van der Waals surface area contributed by atoms with Crippen LogP contribution in [-0.4, -0.2) is 128 Å². The number of hydrogen-bond acceptors (Lipinski definition) is 8. The minimum atomic E-state index is -3.93. The van der Waals surface area contributed by atoms with Gasteiger partial charge < -0.3 is 29.9 Å². The lowest BCUT2D eigenvalue weighted by Gasteiger charge is -2.33. The second kappa shape index (κ2) is 15.2. The molecule has 3 saturated heterocycles. The van der Waals surface area contributed by atoms with Crippen molar-refractivity contribution >= 4 is 33.9 Å². The number of likely N-dealkylation sites (tertiary alicyclic amines) is 1. The molecule has 3 heterocycles. The highest BCUT2D eigenvalue weighted by molar-refractivity contribution is 7.89. The first-order chi connectivity index (χ1) is 21.0. The van der Waals surface area contributed by atoms with Gasteiger partial charge >= 0.3 is 12.1 Å². The molecule has 1 aromatic carbocycles. The number of aryl methyl sites for hydroxylation is 1. The van der Waals surface area contributed by atoms with Gasteiger partial charge in [0.2, 0.25) is 21.8 Å². The third-order valence-corrected chi connectivity index (χ3v) is 10.8. The zero-order chi connectivity index (χ0) is 31.9. The Kier molecular flexibility index (Phi) is 11.6. The van der Waals surface area contributed by atoms with Gasteiger partial charge in [-0.1, -0.05) is 17.7 Å². The molecule has 3 aliphatic heterocycles. The van der Waals surface area contributed by atoms with E-state index in [1.807, 2.05) is 14.0 Å². The number of piperazine rings is 1. The van der Waals surface area contributed by atoms with E-state index in [2.05, 4.69) is 10.2 Å². The monoisotopic (exact) mass is 635 g/mol. The maximum Gasteiger partial charge on any atom is 0.409 e. The summed E-state index contributed by atoms with van der Waals surface area (Å²) in [6.45, 7) is 6.42. The summed E-state index contributed by atoms with van der Waals surface area (Å²) in [5.41, 5.74) is 0.905. The summed E-state index contributed by atoms with van der Waals surface area (Å²) in [7, 11) is -1.91. The van der Waals surface area contributed by atoms with Gasteiger partial charge in [-0.05, 0) is 70.5 Å². The van der Waals surface area contributed by atoms with Gasteiger partial charge in [0.1, 0.15) is 12.1 Å². The van der Waals surface area contributed by atoms with Crippen LogP contribution in [0.25, 0.3) is 0 Å². The second-order valence-electron chi connectivity index (χ2n) is 12.0. The van der Waals surface area contributed by atoms with Crippen LogP contribution in [0.4, 0.5) is 4.79 Å². The van der Waals surface area contributed by atoms with Gasteiger partial charge in [-0.15, -0.1) is 0 Å². The first-order valence-corrected chi connectivity index (χ1v) is 16.9. The molecule has 13 nitrogen and oxygen atoms in total. The van der Waals surface area contributed by atoms with E-state index < -0.39 is 34.0 Å². The quantitative estimate of drug-likeness (QED) is 0.368. The molecule has 0 saturated carbocycles. The fourth-order valence-electron chi connectivity index (χ4n) is 5.95. The number of nitrogens with zero attached hydrogens (tertiary/aromatic N) is 4. The standard InChI is InChI=1S/C30H45N5O8S/c1-22-5-7-24(8-6-22)44(41,42)35-14-3-4-26(35)28(37)31-25(29(38)39)9-10-27(36)33-15-11-23(12-16-33)13-21-43-30(40)34-19-17-32(2)18-20-34/h5-8,23,25-26H,3-4,9-21H2,1-2H3,(H,31,37)(H,38,39)/t25-,26-/m0/s1. The van der Waals surface area contributed by atoms with Crippen molar-refractivity contribution in [2.75, 3.05) is 59.5 Å². The lowest BCUT2D eigenvalue weighted by molar-refractivity contribution is -0.143. The van der Waals surface area contributed by atoms with Crippen LogP contribution in [-0.2, 0) is 29.1 Å². The molecule has 14 heteroatoms. The van der Waals surface area contributed by atoms with E-state index in [-0.39, 0.29) is 42.7 Å². The van der Waals surface area contributed by atoms with E-state index in [4.69, 9.17) is 4.74 Å². The molecular formula is C30H45N5O8S. The fraction of sp³-hybridized carbons (Fsp3) is 0.667. The number of hydrogen-bond donors (Lipinski definition) is 2. The summed E-state index contributed by atoms with van der Waals surface area (Å²) < 4.78 is 33.0. The van der Waals surface area contributed by atoms with E-state index in [9.17, 15) is 32.7 Å². The SMILES string of the molecule is Cc1ccc(S(=O)(=O)N2CCC[C@H]2C(=O)N[C@@H](CCC(=O)N2CCC(CCOC(=O)N3CCN(C)CC3)CC2)C(=O)O)cc1. The molecule has 0 radical (unpaired) electrons. The molecule has 2 N–H and O–H groups in total. The molecule has 44 heavy (non-hydrogen) atoms. The van der Waals surface area contributed by atoms with Gasteiger partial charge in [0.05, 0.1) is 11.5 Å². The summed E-state index contributed by atoms with van der Waals surface area (Å²) in [5, 5.41) is 12.2. The molecular weight excluding hydrogens is 590 g/mol. The molecule has 2 atom stereocenters. The van der Waals surface area contributed by atoms with Gasteiger partial charge in [0.15, 0.2) is 0 Å². The molecule has 0 bridgehead atoms. The summed E-state index contributed by atoms with van der Waals surface area (Å²) >= 11 is 0. The zero-order valence-corrected chi connectivity index (χ0v) is 26.5. The Morgan fingerprint density at radius 2 is 1.61 bits per heavy atom. The largest absolute Gasteiger partial charge is 0.480 e. The number of nitrogens with one attached hydrogen (secondary N) is 1. The van der Waals surface area contributed by atoms with Crippen molar-refractivity contribution < 1.29 is 37.4 Å². The Hall–Kier alpha value is -3.23. The summed E-state index contributed by atoms with van der Waals surface area (Å²) in [4.78, 5) is 55.9. The van der Waals surface area contributed by atoms with Crippen molar-refractivity contribution in [3.05, 3.63) is 29.8 Å². The number of benzene rings is 1. The van der Waals surface area contributed by atoms with Crippen molar-refractivity contribution in [3.8, 4) is 0 Å². The topological polar surface area (TPSA) is 157 Å². The van der Waals surface area contributed by atoms with Crippen LogP contribution in [0.1, 0.15) is 50.5 Å². The third kappa shape index (κ3) is 8.69. The first-order valence-electron chi connectivity index (χ1n) is 15.5. The van der Waals surface area contributed by atoms with Gasteiger partial charge in [-0.25, -0.2) is 18.0 Å². The maximum atomic E-state index is 13.2. The normalized spacial score (nSPS) is 21.2. The Bertz CT molecular complexity index is 1270. The number of rotatable bonds is 11. The lowest BCUT2D eigenvalue weighted by atomic mass is 9.93. The average molecular weight is 636 g/mol. The van der Waals surface area contributed by atoms with Gasteiger partial charge in [-0.2, -0.15) is 4.31 Å². The predicted molar refractivity (Wildman–Crippen MR) is 161 cm³/mol. The zero-order valence-electron chi connectivity index (χ0n) is 25.7. The van der Waals surface area contributed by atoms with E-state index in [1.165, 1.54) is 12.1 Å². The Balaban J connectivity index is 1.20. The maximum absolute atomic E-state index is 13.2. The van der Waals surface area contributed by atoms with Gasteiger partial charge in [0.25, 0.3) is 0 Å². The van der Waals surface area contributed by atoms with Crippen LogP contribution in [0.2, 0.25) is 0 Å². The van der Waals surface area contributed by atoms with Crippen molar-refractivity contribution in [3.63, 3.8) is 0 Å². The van der Waals surface area contributed by atoms with Crippen LogP contribution in [0.3, 0.4) is 0 Å². The smallest absolute Gasteiger partial charge is 0.409 e. The van der Waals surface area contributed by atoms with Crippen molar-refractivity contribution in [1.82, 2.24) is 24.3 Å². The van der Waals surface area contributed by atoms with Crippen molar-refractivity contribution in [1.29, 1.82) is 0 Å². The van der Waals surface area contributed by atoms with E-state index in [0.29, 0.717) is 45.1 Å². The van der Waals surface area contributed by atoms with Crippen LogP contribution in [0.5, 0.6) is 0 Å². The molecule has 0 aromatic heterocycles. The summed E-state index contributed by atoms with van der Waals surface area (Å²) in [6.07, 6.45) is 2.60. The number of ether oxygens (including phenoxy) is 1. The number of carbonyl (C=O) groups excluding carboxylic acids is 3. The summed E-state index contributed by atoms with van der Waals surface area (Å²) in [5.74, 6) is -1.81. The highest BCUT2D eigenvalue weighted by atomic mass is 32.2. The number of sulfonamides is 1. The molecule has 1 aromatic rings. The number of likely N-dealkylation sites (N-methyl/N-ethyl adjacent to an activating group) is 1. The summed E-state index contributed by atoms with van der Waals surface area (Å²) in [6, 6.07) is 4.03. The molecule has 0 aliphatic carbocycles. The minimum absolute atomic E-state index is 0.0550. The van der Waals surface area contributed by atoms with E-state index in [0.717, 1.165) is 42.2 Å². The molecule has 0 spiro atoms. The first kappa shape index (κ1) is 33.7. The van der Waals surface area contributed by atoms with Crippen LogP contribution < -0.4 is 5.32 Å². The number of carboxylic acid groups (broad SMARTS) is 1. The second-order valence-corrected chi connectivity index (χ2v) is 13.9. The Morgan fingerprint density at radius 1 is 0.955 bits per heavy atom. The van der Waals surface area contributed by atoms with Gasteiger partial charge in [0, 0.05) is 52.2 Å². The van der Waals surface area contributed by atoms with Crippen LogP contribution in [0, 0.1) is 12.8 Å². The Labute approximate surface area is 259 Å². The van der Waals surface area contributed by atoms with Crippen LogP contribution in [0.15, 0.2) is 29.2 Å². The van der Waals surface area contributed by atoms with Crippen molar-refractivity contribution in [2.24, 2.45) is 5.92 Å². The highest BCUT2D eigenvalue weighted by Crippen LogP contribution is 2.27.